The number of nitrogens with one attached hydrogen (secondary N) is 1. The van der Waals surface area contributed by atoms with Gasteiger partial charge in [0.1, 0.15) is 11.6 Å². The molecule has 0 fully saturated rings. The van der Waals surface area contributed by atoms with Gasteiger partial charge in [-0.25, -0.2) is 4.39 Å². The molecular weight excluding hydrogens is 411 g/mol. The summed E-state index contributed by atoms with van der Waals surface area (Å²) in [6, 6.07) is 9.80. The highest BCUT2D eigenvalue weighted by atomic mass is 35.5. The van der Waals surface area contributed by atoms with Crippen molar-refractivity contribution in [2.75, 3.05) is 11.6 Å². The summed E-state index contributed by atoms with van der Waals surface area (Å²) in [4.78, 5) is 13.6. The summed E-state index contributed by atoms with van der Waals surface area (Å²) < 4.78 is 16.5. The lowest BCUT2D eigenvalue weighted by atomic mass is 10.1. The highest BCUT2D eigenvalue weighted by molar-refractivity contribution is 7.98. The van der Waals surface area contributed by atoms with E-state index in [1.54, 1.807) is 24.3 Å². The van der Waals surface area contributed by atoms with Gasteiger partial charge in [-0.3, -0.25) is 4.79 Å². The average Bonchev–Trinajstić information content (AvgIpc) is 2.98. The molecule has 0 saturated heterocycles. The first-order valence-corrected chi connectivity index (χ1v) is 11.0. The SMILES string of the molecule is CSc1ccc(Cl)c(C(=O)Nc2cc(-c3nnc4n3CCCCC4)ccc2F)c1. The minimum absolute atomic E-state index is 0.0871. The van der Waals surface area contributed by atoms with E-state index >= 15 is 0 Å². The van der Waals surface area contributed by atoms with Crippen LogP contribution in [-0.4, -0.2) is 26.9 Å². The van der Waals surface area contributed by atoms with E-state index in [0.29, 0.717) is 22.0 Å². The van der Waals surface area contributed by atoms with Crippen LogP contribution in [0.1, 0.15) is 35.4 Å². The molecule has 0 saturated carbocycles. The van der Waals surface area contributed by atoms with Crippen molar-refractivity contribution >= 4 is 35.0 Å². The van der Waals surface area contributed by atoms with Gasteiger partial charge >= 0.3 is 0 Å². The quantitative estimate of drug-likeness (QED) is 0.560. The summed E-state index contributed by atoms with van der Waals surface area (Å²) in [5, 5.41) is 11.6. The molecule has 1 aromatic heterocycles. The summed E-state index contributed by atoms with van der Waals surface area (Å²) in [7, 11) is 0. The van der Waals surface area contributed by atoms with Gasteiger partial charge in [0.05, 0.1) is 16.3 Å². The van der Waals surface area contributed by atoms with Crippen molar-refractivity contribution in [3.8, 4) is 11.4 Å². The number of nitrogens with zero attached hydrogens (tertiary/aromatic N) is 3. The van der Waals surface area contributed by atoms with Gasteiger partial charge in [0.15, 0.2) is 5.82 Å². The summed E-state index contributed by atoms with van der Waals surface area (Å²) in [6.45, 7) is 0.841. The molecule has 8 heteroatoms. The normalized spacial score (nSPS) is 13.6. The maximum Gasteiger partial charge on any atom is 0.257 e. The van der Waals surface area contributed by atoms with Crippen molar-refractivity contribution in [1.82, 2.24) is 14.8 Å². The maximum atomic E-state index is 14.4. The number of halogens is 2. The van der Waals surface area contributed by atoms with Crippen LogP contribution in [0.25, 0.3) is 11.4 Å². The monoisotopic (exact) mass is 430 g/mol. The van der Waals surface area contributed by atoms with Gasteiger partial charge in [-0.1, -0.05) is 18.0 Å². The Labute approximate surface area is 177 Å². The molecule has 4 rings (SSSR count). The van der Waals surface area contributed by atoms with Crippen molar-refractivity contribution < 1.29 is 9.18 Å². The van der Waals surface area contributed by atoms with Crippen LogP contribution in [0.2, 0.25) is 5.02 Å². The number of carbonyl (C=O) groups is 1. The van der Waals surface area contributed by atoms with Gasteiger partial charge in [-0.15, -0.1) is 22.0 Å². The Morgan fingerprint density at radius 3 is 2.86 bits per heavy atom. The molecule has 2 aromatic carbocycles. The fraction of sp³-hybridized carbons (Fsp3) is 0.286. The minimum Gasteiger partial charge on any atom is -0.319 e. The minimum atomic E-state index is -0.519. The van der Waals surface area contributed by atoms with Gasteiger partial charge in [0.25, 0.3) is 5.91 Å². The number of anilines is 1. The molecule has 3 aromatic rings. The number of rotatable bonds is 4. The zero-order chi connectivity index (χ0) is 20.4. The van der Waals surface area contributed by atoms with Gasteiger partial charge in [0, 0.05) is 23.4 Å². The van der Waals surface area contributed by atoms with Crippen LogP contribution >= 0.6 is 23.4 Å². The molecule has 0 atom stereocenters. The lowest BCUT2D eigenvalue weighted by Gasteiger charge is -2.11. The third kappa shape index (κ3) is 4.16. The number of thioether (sulfide) groups is 1. The van der Waals surface area contributed by atoms with E-state index in [1.807, 2.05) is 12.3 Å². The van der Waals surface area contributed by atoms with E-state index in [1.165, 1.54) is 17.8 Å². The number of aromatic nitrogens is 3. The number of benzene rings is 2. The molecule has 0 bridgehead atoms. The number of amides is 1. The standard InChI is InChI=1S/C21H20ClFN4OS/c1-29-14-7-8-16(22)15(12-14)21(28)24-18-11-13(6-9-17(18)23)20-26-25-19-5-3-2-4-10-27(19)20/h6-9,11-12H,2-5,10H2,1H3,(H,24,28). The lowest BCUT2D eigenvalue weighted by Crippen LogP contribution is -2.14. The molecule has 0 aliphatic carbocycles. The van der Waals surface area contributed by atoms with E-state index in [9.17, 15) is 9.18 Å². The first kappa shape index (κ1) is 19.9. The maximum absolute atomic E-state index is 14.4. The zero-order valence-electron chi connectivity index (χ0n) is 15.9. The Balaban J connectivity index is 1.65. The Kier molecular flexibility index (Phi) is 5.87. The number of hydrogen-bond donors (Lipinski definition) is 1. The zero-order valence-corrected chi connectivity index (χ0v) is 17.5. The number of fused-ring (bicyclic) bond motifs is 1. The second-order valence-corrected chi connectivity index (χ2v) is 8.18. The summed E-state index contributed by atoms with van der Waals surface area (Å²) in [6.07, 6.45) is 6.12. The van der Waals surface area contributed by atoms with Crippen LogP contribution < -0.4 is 5.32 Å². The van der Waals surface area contributed by atoms with Crippen molar-refractivity contribution in [3.05, 3.63) is 58.6 Å². The van der Waals surface area contributed by atoms with Gasteiger partial charge in [-0.05, 0) is 55.5 Å². The largest absolute Gasteiger partial charge is 0.319 e. The second kappa shape index (κ2) is 8.55. The molecular formula is C21H20ClFN4OS. The molecule has 0 radical (unpaired) electrons. The first-order valence-electron chi connectivity index (χ1n) is 9.43. The molecule has 0 spiro atoms. The molecule has 1 aliphatic heterocycles. The Bertz CT molecular complexity index is 1070. The Morgan fingerprint density at radius 1 is 1.17 bits per heavy atom. The number of aryl methyl sites for hydroxylation is 1. The fourth-order valence-corrected chi connectivity index (χ4v) is 4.10. The number of hydrogen-bond acceptors (Lipinski definition) is 4. The molecule has 1 N–H and O–H groups in total. The van der Waals surface area contributed by atoms with E-state index in [4.69, 9.17) is 11.6 Å². The number of carbonyl (C=O) groups excluding carboxylic acids is 1. The van der Waals surface area contributed by atoms with Gasteiger partial charge < -0.3 is 9.88 Å². The predicted molar refractivity (Wildman–Crippen MR) is 114 cm³/mol. The summed E-state index contributed by atoms with van der Waals surface area (Å²) >= 11 is 7.68. The van der Waals surface area contributed by atoms with E-state index < -0.39 is 11.7 Å². The van der Waals surface area contributed by atoms with E-state index in [-0.39, 0.29) is 5.69 Å². The van der Waals surface area contributed by atoms with Crippen LogP contribution in [0.15, 0.2) is 41.3 Å². The van der Waals surface area contributed by atoms with Crippen molar-refractivity contribution in [1.29, 1.82) is 0 Å². The van der Waals surface area contributed by atoms with Crippen LogP contribution in [0.5, 0.6) is 0 Å². The van der Waals surface area contributed by atoms with Crippen LogP contribution in [-0.2, 0) is 13.0 Å². The third-order valence-corrected chi connectivity index (χ3v) is 6.06. The smallest absolute Gasteiger partial charge is 0.257 e. The fourth-order valence-electron chi connectivity index (χ4n) is 3.45. The van der Waals surface area contributed by atoms with E-state index in [0.717, 1.165) is 42.9 Å². The van der Waals surface area contributed by atoms with Crippen molar-refractivity contribution in [2.24, 2.45) is 0 Å². The molecule has 150 valence electrons. The van der Waals surface area contributed by atoms with E-state index in [2.05, 4.69) is 20.1 Å². The molecule has 5 nitrogen and oxygen atoms in total. The summed E-state index contributed by atoms with van der Waals surface area (Å²) in [5.41, 5.74) is 1.11. The second-order valence-electron chi connectivity index (χ2n) is 6.90. The average molecular weight is 431 g/mol. The topological polar surface area (TPSA) is 59.8 Å². The highest BCUT2D eigenvalue weighted by Gasteiger charge is 2.19. The molecule has 29 heavy (non-hydrogen) atoms. The van der Waals surface area contributed by atoms with Gasteiger partial charge in [0.2, 0.25) is 0 Å². The lowest BCUT2D eigenvalue weighted by molar-refractivity contribution is 0.102. The molecule has 2 heterocycles. The Morgan fingerprint density at radius 2 is 2.03 bits per heavy atom. The van der Waals surface area contributed by atoms with Crippen molar-refractivity contribution in [3.63, 3.8) is 0 Å². The highest BCUT2D eigenvalue weighted by Crippen LogP contribution is 2.28. The van der Waals surface area contributed by atoms with Crippen LogP contribution in [0.4, 0.5) is 10.1 Å². The third-order valence-electron chi connectivity index (χ3n) is 5.00. The first-order chi connectivity index (χ1) is 14.1. The van der Waals surface area contributed by atoms with Crippen LogP contribution in [0.3, 0.4) is 0 Å². The summed E-state index contributed by atoms with van der Waals surface area (Å²) in [5.74, 6) is 0.671. The molecule has 1 aliphatic rings. The predicted octanol–water partition coefficient (Wildman–Crippen LogP) is 5.44. The Hall–Kier alpha value is -2.38. The van der Waals surface area contributed by atoms with Crippen LogP contribution in [0, 0.1) is 5.82 Å². The molecule has 0 unspecified atom stereocenters. The molecule has 1 amide bonds. The van der Waals surface area contributed by atoms with Gasteiger partial charge in [-0.2, -0.15) is 0 Å². The van der Waals surface area contributed by atoms with Crippen molar-refractivity contribution in [2.45, 2.75) is 37.1 Å².